The first-order valence-electron chi connectivity index (χ1n) is 6.23. The minimum absolute atomic E-state index is 0.106. The number of carbonyl (C=O) groups is 2. The Hall–Kier alpha value is -2.03. The van der Waals surface area contributed by atoms with Gasteiger partial charge in [-0.1, -0.05) is 5.92 Å². The maximum absolute atomic E-state index is 11.9. The number of ether oxygens (including phenoxy) is 1. The predicted molar refractivity (Wildman–Crippen MR) is 75.3 cm³/mol. The molecule has 0 bridgehead atoms. The monoisotopic (exact) mass is 282 g/mol. The first-order valence-corrected chi connectivity index (χ1v) is 6.23. The Morgan fingerprint density at radius 3 is 2.55 bits per heavy atom. The molecule has 1 amide bonds. The van der Waals surface area contributed by atoms with Crippen molar-refractivity contribution in [2.75, 3.05) is 21.2 Å². The molecule has 0 fully saturated rings. The maximum atomic E-state index is 11.9. The lowest BCUT2D eigenvalue weighted by Gasteiger charge is -2.30. The van der Waals surface area contributed by atoms with Crippen molar-refractivity contribution in [1.29, 1.82) is 0 Å². The van der Waals surface area contributed by atoms with Crippen LogP contribution in [0.25, 0.3) is 0 Å². The van der Waals surface area contributed by atoms with Crippen LogP contribution in [0.5, 0.6) is 0 Å². The number of oxime groups is 1. The van der Waals surface area contributed by atoms with E-state index < -0.39 is 11.3 Å². The van der Waals surface area contributed by atoms with Gasteiger partial charge in [0.1, 0.15) is 0 Å². The van der Waals surface area contributed by atoms with Crippen molar-refractivity contribution in [3.8, 4) is 12.3 Å². The van der Waals surface area contributed by atoms with Crippen molar-refractivity contribution in [2.45, 2.75) is 26.2 Å². The molecule has 0 radical (unpaired) electrons. The molecule has 20 heavy (non-hydrogen) atoms. The number of carbonyl (C=O) groups excluding carboxylic acids is 2. The average Bonchev–Trinajstić information content (AvgIpc) is 2.42. The summed E-state index contributed by atoms with van der Waals surface area (Å²) < 4.78 is 4.57. The van der Waals surface area contributed by atoms with Gasteiger partial charge in [-0.2, -0.15) is 0 Å². The molecular formula is C14H22N2O4. The van der Waals surface area contributed by atoms with Gasteiger partial charge >= 0.3 is 5.97 Å². The Balaban J connectivity index is 5.04. The highest BCUT2D eigenvalue weighted by atomic mass is 16.5. The van der Waals surface area contributed by atoms with Gasteiger partial charge in [-0.3, -0.25) is 9.59 Å². The summed E-state index contributed by atoms with van der Waals surface area (Å²) >= 11 is 0. The summed E-state index contributed by atoms with van der Waals surface area (Å²) in [5.41, 5.74) is -0.832. The second-order valence-corrected chi connectivity index (χ2v) is 5.01. The van der Waals surface area contributed by atoms with E-state index >= 15 is 0 Å². The Bertz CT molecular complexity index is 412. The molecule has 0 unspecified atom stereocenters. The van der Waals surface area contributed by atoms with Crippen molar-refractivity contribution in [2.24, 2.45) is 16.5 Å². The third-order valence-electron chi connectivity index (χ3n) is 3.30. The number of esters is 1. The van der Waals surface area contributed by atoms with Gasteiger partial charge in [0.25, 0.3) is 0 Å². The molecular weight excluding hydrogens is 260 g/mol. The highest BCUT2D eigenvalue weighted by Gasteiger charge is 2.34. The number of methoxy groups -OCH3 is 1. The normalized spacial score (nSPS) is 15.2. The van der Waals surface area contributed by atoms with E-state index in [9.17, 15) is 9.59 Å². The topological polar surface area (TPSA) is 79.2 Å². The SMILES string of the molecule is C#C[C@@](C)(CC(=O)N(C)C)[C@H](/C=N/O)CCC(=O)OC. The highest BCUT2D eigenvalue weighted by Crippen LogP contribution is 2.33. The average molecular weight is 282 g/mol. The maximum Gasteiger partial charge on any atom is 0.305 e. The highest BCUT2D eigenvalue weighted by molar-refractivity contribution is 5.78. The summed E-state index contributed by atoms with van der Waals surface area (Å²) in [4.78, 5) is 24.5. The Morgan fingerprint density at radius 2 is 2.15 bits per heavy atom. The molecule has 1 N–H and O–H groups in total. The van der Waals surface area contributed by atoms with E-state index in [1.54, 1.807) is 21.0 Å². The van der Waals surface area contributed by atoms with Crippen molar-refractivity contribution < 1.29 is 19.5 Å². The zero-order chi connectivity index (χ0) is 15.8. The van der Waals surface area contributed by atoms with E-state index in [-0.39, 0.29) is 24.7 Å². The standard InChI is InChI=1S/C14H22N2O4/c1-6-14(2,9-12(17)16(3)4)11(10-15-19)7-8-13(18)20-5/h1,10-11,19H,7-9H2,2-5H3/b15-10+/t11-,14-/m0/s1. The van der Waals surface area contributed by atoms with E-state index in [4.69, 9.17) is 11.6 Å². The summed E-state index contributed by atoms with van der Waals surface area (Å²) in [6.45, 7) is 1.73. The largest absolute Gasteiger partial charge is 0.469 e. The predicted octanol–water partition coefficient (Wildman–Crippen LogP) is 1.13. The van der Waals surface area contributed by atoms with Crippen LogP contribution in [0.4, 0.5) is 0 Å². The lowest BCUT2D eigenvalue weighted by atomic mass is 9.73. The molecule has 0 saturated heterocycles. The van der Waals surface area contributed by atoms with E-state index in [2.05, 4.69) is 15.8 Å². The van der Waals surface area contributed by atoms with Gasteiger partial charge in [-0.15, -0.1) is 11.6 Å². The summed E-state index contributed by atoms with van der Waals surface area (Å²) in [7, 11) is 4.58. The van der Waals surface area contributed by atoms with Crippen molar-refractivity contribution >= 4 is 18.1 Å². The number of amides is 1. The molecule has 0 aliphatic heterocycles. The van der Waals surface area contributed by atoms with Crippen LogP contribution in [-0.2, 0) is 14.3 Å². The van der Waals surface area contributed by atoms with Gasteiger partial charge < -0.3 is 14.8 Å². The number of terminal acetylenes is 1. The molecule has 0 aliphatic carbocycles. The molecule has 112 valence electrons. The lowest BCUT2D eigenvalue weighted by molar-refractivity contribution is -0.140. The van der Waals surface area contributed by atoms with Crippen LogP contribution in [0.15, 0.2) is 5.16 Å². The molecule has 0 spiro atoms. The fourth-order valence-corrected chi connectivity index (χ4v) is 1.77. The molecule has 6 heteroatoms. The Labute approximate surface area is 119 Å². The summed E-state index contributed by atoms with van der Waals surface area (Å²) in [5.74, 6) is 1.69. The van der Waals surface area contributed by atoms with Crippen molar-refractivity contribution in [3.05, 3.63) is 0 Å². The zero-order valence-electron chi connectivity index (χ0n) is 12.4. The zero-order valence-corrected chi connectivity index (χ0v) is 12.4. The molecule has 0 aliphatic rings. The third kappa shape index (κ3) is 5.31. The number of hydrogen-bond donors (Lipinski definition) is 1. The quantitative estimate of drug-likeness (QED) is 0.250. The molecule has 0 aromatic rings. The van der Waals surface area contributed by atoms with Crippen molar-refractivity contribution in [3.63, 3.8) is 0 Å². The van der Waals surface area contributed by atoms with Gasteiger partial charge in [0.15, 0.2) is 0 Å². The van der Waals surface area contributed by atoms with Gasteiger partial charge in [0.05, 0.1) is 7.11 Å². The van der Waals surface area contributed by atoms with E-state index in [1.807, 2.05) is 0 Å². The molecule has 6 nitrogen and oxygen atoms in total. The van der Waals surface area contributed by atoms with E-state index in [0.717, 1.165) is 0 Å². The van der Waals surface area contributed by atoms with Crippen LogP contribution in [0.2, 0.25) is 0 Å². The first kappa shape index (κ1) is 18.0. The molecule has 2 atom stereocenters. The molecule has 0 rings (SSSR count). The first-order chi connectivity index (χ1) is 9.30. The lowest BCUT2D eigenvalue weighted by Crippen LogP contribution is -2.35. The van der Waals surface area contributed by atoms with Crippen molar-refractivity contribution in [1.82, 2.24) is 4.90 Å². The van der Waals surface area contributed by atoms with Crippen LogP contribution >= 0.6 is 0 Å². The third-order valence-corrected chi connectivity index (χ3v) is 3.30. The Kier molecular flexibility index (Phi) is 7.37. The molecule has 0 saturated carbocycles. The fourth-order valence-electron chi connectivity index (χ4n) is 1.77. The van der Waals surface area contributed by atoms with Gasteiger partial charge in [0.2, 0.25) is 5.91 Å². The minimum atomic E-state index is -0.832. The van der Waals surface area contributed by atoms with Gasteiger partial charge in [-0.25, -0.2) is 0 Å². The van der Waals surface area contributed by atoms with E-state index in [0.29, 0.717) is 6.42 Å². The number of nitrogens with zero attached hydrogens (tertiary/aromatic N) is 2. The molecule has 0 aromatic heterocycles. The summed E-state index contributed by atoms with van der Waals surface area (Å²) in [6, 6.07) is 0. The minimum Gasteiger partial charge on any atom is -0.469 e. The van der Waals surface area contributed by atoms with Crippen LogP contribution in [0, 0.1) is 23.7 Å². The summed E-state index contributed by atoms with van der Waals surface area (Å²) in [5, 5.41) is 11.8. The number of hydrogen-bond acceptors (Lipinski definition) is 5. The Morgan fingerprint density at radius 1 is 1.55 bits per heavy atom. The fraction of sp³-hybridized carbons (Fsp3) is 0.643. The molecule has 0 aromatic carbocycles. The second-order valence-electron chi connectivity index (χ2n) is 5.01. The van der Waals surface area contributed by atoms with Crippen LogP contribution in [0.1, 0.15) is 26.2 Å². The number of rotatable bonds is 7. The van der Waals surface area contributed by atoms with Gasteiger partial charge in [-0.05, 0) is 13.3 Å². The molecule has 0 heterocycles. The van der Waals surface area contributed by atoms with E-state index in [1.165, 1.54) is 18.2 Å². The van der Waals surface area contributed by atoms with Crippen LogP contribution < -0.4 is 0 Å². The van der Waals surface area contributed by atoms with Crippen LogP contribution in [-0.4, -0.2) is 49.4 Å². The van der Waals surface area contributed by atoms with Crippen LogP contribution in [0.3, 0.4) is 0 Å². The second kappa shape index (κ2) is 8.20. The van der Waals surface area contributed by atoms with Gasteiger partial charge in [0, 0.05) is 44.5 Å². The smallest absolute Gasteiger partial charge is 0.305 e. The summed E-state index contributed by atoms with van der Waals surface area (Å²) in [6.07, 6.45) is 7.41.